The number of hydrazone groups is 1. The van der Waals surface area contributed by atoms with E-state index in [9.17, 15) is 14.0 Å². The lowest BCUT2D eigenvalue weighted by Gasteiger charge is -2.17. The first-order valence-corrected chi connectivity index (χ1v) is 11.0. The topological polar surface area (TPSA) is 79.6 Å². The summed E-state index contributed by atoms with van der Waals surface area (Å²) >= 11 is 0. The van der Waals surface area contributed by atoms with Crippen molar-refractivity contribution in [2.24, 2.45) is 5.10 Å². The molecule has 1 atom stereocenters. The van der Waals surface area contributed by atoms with Crippen LogP contribution < -0.4 is 10.3 Å². The Hall–Kier alpha value is -4.33. The third-order valence-electron chi connectivity index (χ3n) is 5.82. The van der Waals surface area contributed by atoms with Gasteiger partial charge in [-0.3, -0.25) is 9.59 Å². The number of hydrogen-bond donors (Lipinski definition) is 1. The molecule has 0 radical (unpaired) electrons. The van der Waals surface area contributed by atoms with E-state index >= 15 is 0 Å². The average Bonchev–Trinajstić information content (AvgIpc) is 3.41. The monoisotopic (exact) mass is 455 g/mol. The van der Waals surface area contributed by atoms with Crippen LogP contribution in [0.15, 0.2) is 84.0 Å². The van der Waals surface area contributed by atoms with Crippen LogP contribution >= 0.6 is 0 Å². The summed E-state index contributed by atoms with van der Waals surface area (Å²) in [5.74, 6) is -0.245. The van der Waals surface area contributed by atoms with Crippen LogP contribution in [0.25, 0.3) is 11.0 Å². The Kier molecular flexibility index (Phi) is 5.86. The second kappa shape index (κ2) is 9.27. The van der Waals surface area contributed by atoms with Gasteiger partial charge in [-0.1, -0.05) is 42.5 Å². The van der Waals surface area contributed by atoms with E-state index in [1.165, 1.54) is 12.1 Å². The Morgan fingerprint density at radius 3 is 2.59 bits per heavy atom. The maximum atomic E-state index is 13.3. The number of rotatable bonds is 6. The Balaban J connectivity index is 1.38. The van der Waals surface area contributed by atoms with Crippen molar-refractivity contribution < 1.29 is 14.0 Å². The summed E-state index contributed by atoms with van der Waals surface area (Å²) in [4.78, 5) is 31.9. The first kappa shape index (κ1) is 21.5. The lowest BCUT2D eigenvalue weighted by Crippen LogP contribution is -2.26. The van der Waals surface area contributed by atoms with Gasteiger partial charge in [-0.15, -0.1) is 0 Å². The van der Waals surface area contributed by atoms with Crippen molar-refractivity contribution >= 4 is 34.7 Å². The summed E-state index contributed by atoms with van der Waals surface area (Å²) in [5.41, 5.74) is 5.66. The number of aromatic nitrogens is 2. The summed E-state index contributed by atoms with van der Waals surface area (Å²) in [6.07, 6.45) is 1.84. The highest BCUT2D eigenvalue weighted by molar-refractivity contribution is 5.96. The fraction of sp³-hybridized carbons (Fsp3) is 0.154. The number of fused-ring (bicyclic) bond motifs is 1. The molecule has 2 amide bonds. The minimum atomic E-state index is -0.352. The van der Waals surface area contributed by atoms with Crippen LogP contribution in [-0.4, -0.2) is 34.1 Å². The van der Waals surface area contributed by atoms with Gasteiger partial charge in [0.15, 0.2) is 0 Å². The lowest BCUT2D eigenvalue weighted by atomic mass is 10.1. The molecular formula is C26H22FN5O2. The molecule has 1 saturated heterocycles. The summed E-state index contributed by atoms with van der Waals surface area (Å²) in [6.45, 7) is 0.421. The first-order chi connectivity index (χ1) is 16.6. The average molecular weight is 455 g/mol. The highest BCUT2D eigenvalue weighted by atomic mass is 19.1. The zero-order valence-corrected chi connectivity index (χ0v) is 18.3. The van der Waals surface area contributed by atoms with Gasteiger partial charge >= 0.3 is 0 Å². The molecule has 0 aliphatic carbocycles. The van der Waals surface area contributed by atoms with Gasteiger partial charge in [0, 0.05) is 24.6 Å². The number of anilines is 1. The predicted octanol–water partition coefficient (Wildman–Crippen LogP) is 3.85. The van der Waals surface area contributed by atoms with Gasteiger partial charge in [0.2, 0.25) is 5.91 Å². The van der Waals surface area contributed by atoms with E-state index in [4.69, 9.17) is 4.98 Å². The summed E-state index contributed by atoms with van der Waals surface area (Å²) in [7, 11) is 0. The summed E-state index contributed by atoms with van der Waals surface area (Å²) < 4.78 is 15.2. The molecule has 1 aliphatic rings. The standard InChI is InChI=1S/C26H22FN5O2/c27-20-10-12-21(13-11-20)31-16-19(14-25(31)34)26-29-22-8-4-5-9-23(22)32(26)17-24(33)30-28-15-18-6-2-1-3-7-18/h1-13,15,19H,14,16-17H2,(H,30,33). The molecule has 1 unspecified atom stereocenters. The second-order valence-corrected chi connectivity index (χ2v) is 8.13. The molecule has 0 spiro atoms. The van der Waals surface area contributed by atoms with Crippen LogP contribution in [0.2, 0.25) is 0 Å². The van der Waals surface area contributed by atoms with E-state index in [2.05, 4.69) is 10.5 Å². The molecule has 7 nitrogen and oxygen atoms in total. The Labute approximate surface area is 195 Å². The fourth-order valence-electron chi connectivity index (χ4n) is 4.22. The number of nitrogens with zero attached hydrogens (tertiary/aromatic N) is 4. The van der Waals surface area contributed by atoms with Crippen LogP contribution in [0.5, 0.6) is 0 Å². The van der Waals surface area contributed by atoms with Crippen molar-refractivity contribution in [3.8, 4) is 0 Å². The van der Waals surface area contributed by atoms with Crippen molar-refractivity contribution in [3.63, 3.8) is 0 Å². The predicted molar refractivity (Wildman–Crippen MR) is 128 cm³/mol. The van der Waals surface area contributed by atoms with Gasteiger partial charge in [-0.05, 0) is 42.0 Å². The molecule has 1 aliphatic heterocycles. The molecule has 3 aromatic carbocycles. The maximum absolute atomic E-state index is 13.3. The Bertz CT molecular complexity index is 1370. The number of para-hydroxylation sites is 2. The first-order valence-electron chi connectivity index (χ1n) is 11.0. The molecule has 2 heterocycles. The van der Waals surface area contributed by atoms with Crippen LogP contribution in [0.3, 0.4) is 0 Å². The van der Waals surface area contributed by atoms with Crippen LogP contribution in [0.1, 0.15) is 23.7 Å². The van der Waals surface area contributed by atoms with Gasteiger partial charge in [0.05, 0.1) is 17.2 Å². The van der Waals surface area contributed by atoms with Crippen LogP contribution in [0.4, 0.5) is 10.1 Å². The molecule has 170 valence electrons. The molecule has 34 heavy (non-hydrogen) atoms. The van der Waals surface area contributed by atoms with Crippen molar-refractivity contribution in [1.82, 2.24) is 15.0 Å². The van der Waals surface area contributed by atoms with Crippen molar-refractivity contribution in [2.45, 2.75) is 18.9 Å². The normalized spacial score (nSPS) is 16.0. The van der Waals surface area contributed by atoms with Crippen molar-refractivity contribution in [1.29, 1.82) is 0 Å². The number of carbonyl (C=O) groups excluding carboxylic acids is 2. The van der Waals surface area contributed by atoms with Crippen LogP contribution in [0, 0.1) is 5.82 Å². The van der Waals surface area contributed by atoms with E-state index in [-0.39, 0.29) is 36.5 Å². The van der Waals surface area contributed by atoms with Crippen molar-refractivity contribution in [3.05, 3.63) is 96.1 Å². The molecule has 8 heteroatoms. The molecule has 1 fully saturated rings. The van der Waals surface area contributed by atoms with E-state index in [0.717, 1.165) is 16.6 Å². The molecule has 0 saturated carbocycles. The molecular weight excluding hydrogens is 433 g/mol. The van der Waals surface area contributed by atoms with Crippen LogP contribution in [-0.2, 0) is 16.1 Å². The molecule has 1 N–H and O–H groups in total. The van der Waals surface area contributed by atoms with Gasteiger partial charge in [-0.2, -0.15) is 5.10 Å². The number of nitrogens with one attached hydrogen (secondary N) is 1. The van der Waals surface area contributed by atoms with E-state index in [1.807, 2.05) is 59.2 Å². The number of benzene rings is 3. The second-order valence-electron chi connectivity index (χ2n) is 8.13. The number of amides is 2. The summed E-state index contributed by atoms with van der Waals surface area (Å²) in [6, 6.07) is 22.9. The molecule has 5 rings (SSSR count). The lowest BCUT2D eigenvalue weighted by molar-refractivity contribution is -0.121. The van der Waals surface area contributed by atoms with E-state index in [1.54, 1.807) is 23.2 Å². The minimum absolute atomic E-state index is 0.0171. The highest BCUT2D eigenvalue weighted by Crippen LogP contribution is 2.33. The number of imidazole rings is 1. The fourth-order valence-corrected chi connectivity index (χ4v) is 4.22. The van der Waals surface area contributed by atoms with Gasteiger partial charge in [-0.25, -0.2) is 14.8 Å². The molecule has 0 bridgehead atoms. The largest absolute Gasteiger partial charge is 0.318 e. The molecule has 4 aromatic rings. The van der Waals surface area contributed by atoms with Crippen molar-refractivity contribution in [2.75, 3.05) is 11.4 Å². The smallest absolute Gasteiger partial charge is 0.260 e. The SMILES string of the molecule is O=C(Cn1c(C2CC(=O)N(c3ccc(F)cc3)C2)nc2ccccc21)NN=Cc1ccccc1. The Morgan fingerprint density at radius 1 is 1.06 bits per heavy atom. The maximum Gasteiger partial charge on any atom is 0.260 e. The van der Waals surface area contributed by atoms with E-state index < -0.39 is 0 Å². The third kappa shape index (κ3) is 4.43. The minimum Gasteiger partial charge on any atom is -0.318 e. The Morgan fingerprint density at radius 2 is 1.79 bits per heavy atom. The van der Waals surface area contributed by atoms with Gasteiger partial charge < -0.3 is 9.47 Å². The number of hydrogen-bond acceptors (Lipinski definition) is 4. The highest BCUT2D eigenvalue weighted by Gasteiger charge is 2.35. The quantitative estimate of drug-likeness (QED) is 0.354. The number of carbonyl (C=O) groups is 2. The zero-order valence-electron chi connectivity index (χ0n) is 18.3. The van der Waals surface area contributed by atoms with Gasteiger partial charge in [0.25, 0.3) is 5.91 Å². The van der Waals surface area contributed by atoms with Gasteiger partial charge in [0.1, 0.15) is 18.2 Å². The third-order valence-corrected chi connectivity index (χ3v) is 5.82. The molecule has 1 aromatic heterocycles. The zero-order chi connectivity index (χ0) is 23.5. The van der Waals surface area contributed by atoms with E-state index in [0.29, 0.717) is 18.1 Å². The summed E-state index contributed by atoms with van der Waals surface area (Å²) in [5, 5.41) is 4.05. The number of halogens is 1.